The lowest BCUT2D eigenvalue weighted by molar-refractivity contribution is -0.0618. The molecule has 0 aromatic heterocycles. The molecular formula is C32H36O4. The Hall–Kier alpha value is -2.85. The third kappa shape index (κ3) is 4.10. The van der Waals surface area contributed by atoms with Crippen molar-refractivity contribution >= 4 is 16.7 Å². The maximum atomic E-state index is 11.4. The number of carboxylic acid groups (broad SMARTS) is 1. The standard InChI is InChI=1S/C32H36O4/c1-3-5-30(35-2)36-29-15-25-6-4-7-26(23-8-10-24(11-9-23)31(33)34)27(25)16-28(29)32-17-20-12-21(18-32)14-22(13-20)19-32/h4,6-11,15-16,20-22,30H,3,5,12-14,17-19H2,1-2H3,(H,33,34). The highest BCUT2D eigenvalue weighted by Crippen LogP contribution is 2.62. The maximum absolute atomic E-state index is 11.4. The average Bonchev–Trinajstić information content (AvgIpc) is 2.87. The van der Waals surface area contributed by atoms with Crippen LogP contribution in [0.4, 0.5) is 0 Å². The number of hydrogen-bond donors (Lipinski definition) is 1. The van der Waals surface area contributed by atoms with Gasteiger partial charge in [0.25, 0.3) is 0 Å². The summed E-state index contributed by atoms with van der Waals surface area (Å²) in [5.41, 5.74) is 4.03. The summed E-state index contributed by atoms with van der Waals surface area (Å²) in [4.78, 5) is 11.4. The first-order valence-electron chi connectivity index (χ1n) is 13.6. The minimum atomic E-state index is -0.898. The van der Waals surface area contributed by atoms with Crippen LogP contribution < -0.4 is 4.74 Å². The molecule has 3 aromatic carbocycles. The zero-order valence-corrected chi connectivity index (χ0v) is 21.3. The van der Waals surface area contributed by atoms with E-state index in [2.05, 4.69) is 37.3 Å². The van der Waals surface area contributed by atoms with Gasteiger partial charge in [-0.1, -0.05) is 43.7 Å². The first kappa shape index (κ1) is 23.5. The zero-order chi connectivity index (χ0) is 24.9. The average molecular weight is 485 g/mol. The highest BCUT2D eigenvalue weighted by atomic mass is 16.7. The van der Waals surface area contributed by atoms with Crippen molar-refractivity contribution in [2.45, 2.75) is 70.0 Å². The molecule has 4 saturated carbocycles. The second-order valence-corrected chi connectivity index (χ2v) is 11.5. The summed E-state index contributed by atoms with van der Waals surface area (Å²) in [5.74, 6) is 2.61. The highest BCUT2D eigenvalue weighted by molar-refractivity contribution is 5.98. The summed E-state index contributed by atoms with van der Waals surface area (Å²) in [5, 5.41) is 11.7. The van der Waals surface area contributed by atoms with Gasteiger partial charge >= 0.3 is 5.97 Å². The van der Waals surface area contributed by atoms with Crippen LogP contribution in [0, 0.1) is 17.8 Å². The molecule has 4 aliphatic carbocycles. The van der Waals surface area contributed by atoms with Gasteiger partial charge in [-0.2, -0.15) is 0 Å². The van der Waals surface area contributed by atoms with Crippen LogP contribution in [0.15, 0.2) is 54.6 Å². The Labute approximate surface area is 213 Å². The SMILES string of the molecule is CCCC(OC)Oc1cc2cccc(-c3ccc(C(=O)O)cc3)c2cc1C12CC3CC(CC(C3)C1)C2. The van der Waals surface area contributed by atoms with Gasteiger partial charge in [0.2, 0.25) is 0 Å². The van der Waals surface area contributed by atoms with Crippen molar-refractivity contribution in [1.29, 1.82) is 0 Å². The Bertz CT molecular complexity index is 1240. The molecule has 3 aromatic rings. The molecule has 4 bridgehead atoms. The number of carbonyl (C=O) groups is 1. The topological polar surface area (TPSA) is 55.8 Å². The molecule has 1 atom stereocenters. The number of rotatable bonds is 8. The van der Waals surface area contributed by atoms with Crippen molar-refractivity contribution in [3.63, 3.8) is 0 Å². The Morgan fingerprint density at radius 2 is 1.67 bits per heavy atom. The third-order valence-electron chi connectivity index (χ3n) is 9.08. The fourth-order valence-electron chi connectivity index (χ4n) is 7.90. The lowest BCUT2D eigenvalue weighted by Crippen LogP contribution is -2.48. The molecule has 36 heavy (non-hydrogen) atoms. The van der Waals surface area contributed by atoms with Crippen molar-refractivity contribution in [1.82, 2.24) is 0 Å². The van der Waals surface area contributed by atoms with Crippen LogP contribution in [0.5, 0.6) is 5.75 Å². The van der Waals surface area contributed by atoms with E-state index in [9.17, 15) is 9.90 Å². The monoisotopic (exact) mass is 484 g/mol. The van der Waals surface area contributed by atoms with E-state index >= 15 is 0 Å². The van der Waals surface area contributed by atoms with Crippen LogP contribution in [-0.4, -0.2) is 24.5 Å². The molecule has 0 radical (unpaired) electrons. The minimum absolute atomic E-state index is 0.184. The fourth-order valence-corrected chi connectivity index (χ4v) is 7.90. The molecule has 4 nitrogen and oxygen atoms in total. The van der Waals surface area contributed by atoms with E-state index in [4.69, 9.17) is 9.47 Å². The van der Waals surface area contributed by atoms with Gasteiger partial charge in [-0.05, 0) is 108 Å². The number of methoxy groups -OCH3 is 1. The van der Waals surface area contributed by atoms with Crippen molar-refractivity contribution in [3.8, 4) is 16.9 Å². The molecule has 7 rings (SSSR count). The lowest BCUT2D eigenvalue weighted by Gasteiger charge is -2.57. The van der Waals surface area contributed by atoms with Gasteiger partial charge in [0.1, 0.15) is 5.75 Å². The number of carboxylic acids is 1. The van der Waals surface area contributed by atoms with Gasteiger partial charge in [-0.15, -0.1) is 0 Å². The van der Waals surface area contributed by atoms with E-state index in [1.807, 2.05) is 12.1 Å². The summed E-state index contributed by atoms with van der Waals surface area (Å²) in [6, 6.07) is 18.3. The Morgan fingerprint density at radius 1 is 1.00 bits per heavy atom. The van der Waals surface area contributed by atoms with Gasteiger partial charge in [0, 0.05) is 19.1 Å². The summed E-state index contributed by atoms with van der Waals surface area (Å²) in [6.07, 6.45) is 9.64. The molecule has 0 saturated heterocycles. The van der Waals surface area contributed by atoms with Crippen LogP contribution in [0.1, 0.15) is 74.2 Å². The van der Waals surface area contributed by atoms with Gasteiger partial charge in [0.05, 0.1) is 5.56 Å². The molecule has 4 aliphatic rings. The number of hydrogen-bond acceptors (Lipinski definition) is 3. The number of benzene rings is 3. The molecule has 0 amide bonds. The van der Waals surface area contributed by atoms with Gasteiger partial charge in [0.15, 0.2) is 6.29 Å². The zero-order valence-electron chi connectivity index (χ0n) is 21.3. The van der Waals surface area contributed by atoms with Gasteiger partial charge < -0.3 is 14.6 Å². The molecule has 1 unspecified atom stereocenters. The smallest absolute Gasteiger partial charge is 0.335 e. The summed E-state index contributed by atoms with van der Waals surface area (Å²) in [6.45, 7) is 2.16. The van der Waals surface area contributed by atoms with E-state index in [0.29, 0.717) is 5.56 Å². The first-order valence-corrected chi connectivity index (χ1v) is 13.6. The van der Waals surface area contributed by atoms with Crippen molar-refractivity contribution in [2.75, 3.05) is 7.11 Å². The predicted octanol–water partition coefficient (Wildman–Crippen LogP) is 7.82. The second-order valence-electron chi connectivity index (χ2n) is 11.5. The molecular weight excluding hydrogens is 448 g/mol. The Kier molecular flexibility index (Phi) is 6.03. The van der Waals surface area contributed by atoms with Crippen LogP contribution in [0.2, 0.25) is 0 Å². The molecule has 0 heterocycles. The highest BCUT2D eigenvalue weighted by Gasteiger charge is 2.52. The van der Waals surface area contributed by atoms with E-state index in [1.165, 1.54) is 49.5 Å². The van der Waals surface area contributed by atoms with Gasteiger partial charge in [-0.3, -0.25) is 0 Å². The van der Waals surface area contributed by atoms with Crippen molar-refractivity contribution in [2.24, 2.45) is 17.8 Å². The van der Waals surface area contributed by atoms with E-state index in [0.717, 1.165) is 52.9 Å². The summed E-state index contributed by atoms with van der Waals surface area (Å²) >= 11 is 0. The largest absolute Gasteiger partial charge is 0.478 e. The Morgan fingerprint density at radius 3 is 2.25 bits per heavy atom. The quantitative estimate of drug-likeness (QED) is 0.331. The fraction of sp³-hybridized carbons (Fsp3) is 0.469. The predicted molar refractivity (Wildman–Crippen MR) is 143 cm³/mol. The van der Waals surface area contributed by atoms with E-state index in [1.54, 1.807) is 19.2 Å². The van der Waals surface area contributed by atoms with Crippen molar-refractivity contribution in [3.05, 3.63) is 65.7 Å². The van der Waals surface area contributed by atoms with Crippen molar-refractivity contribution < 1.29 is 19.4 Å². The summed E-state index contributed by atoms with van der Waals surface area (Å²) < 4.78 is 12.4. The number of ether oxygens (including phenoxy) is 2. The third-order valence-corrected chi connectivity index (χ3v) is 9.08. The maximum Gasteiger partial charge on any atom is 0.335 e. The minimum Gasteiger partial charge on any atom is -0.478 e. The van der Waals surface area contributed by atoms with Gasteiger partial charge in [-0.25, -0.2) is 4.79 Å². The molecule has 0 aliphatic heterocycles. The van der Waals surface area contributed by atoms with Crippen LogP contribution in [0.25, 0.3) is 21.9 Å². The molecule has 188 valence electrons. The molecule has 1 N–H and O–H groups in total. The van der Waals surface area contributed by atoms with E-state index < -0.39 is 5.97 Å². The van der Waals surface area contributed by atoms with E-state index in [-0.39, 0.29) is 11.7 Å². The second kappa shape index (κ2) is 9.23. The van der Waals surface area contributed by atoms with Crippen LogP contribution in [0.3, 0.4) is 0 Å². The first-order chi connectivity index (χ1) is 17.5. The van der Waals surface area contributed by atoms with Crippen LogP contribution in [-0.2, 0) is 10.2 Å². The normalized spacial score (nSPS) is 27.3. The lowest BCUT2D eigenvalue weighted by atomic mass is 9.48. The molecule has 0 spiro atoms. The summed E-state index contributed by atoms with van der Waals surface area (Å²) in [7, 11) is 1.74. The molecule has 4 fully saturated rings. The Balaban J connectivity index is 1.50. The van der Waals surface area contributed by atoms with Crippen LogP contribution >= 0.6 is 0 Å². The number of aromatic carboxylic acids is 1. The number of fused-ring (bicyclic) bond motifs is 1. The molecule has 4 heteroatoms.